The summed E-state index contributed by atoms with van der Waals surface area (Å²) in [7, 11) is -1.67. The lowest BCUT2D eigenvalue weighted by atomic mass is 10.1. The van der Waals surface area contributed by atoms with Gasteiger partial charge in [-0.2, -0.15) is 0 Å². The number of benzene rings is 2. The van der Waals surface area contributed by atoms with Crippen molar-refractivity contribution in [3.05, 3.63) is 36.4 Å². The molecule has 0 amide bonds. The van der Waals surface area contributed by atoms with Crippen LogP contribution >= 0.6 is 0 Å². The van der Waals surface area contributed by atoms with Crippen molar-refractivity contribution in [3.8, 4) is 11.5 Å². The molecule has 0 aromatic heterocycles. The molecule has 1 spiro atoms. The number of fused-ring (bicyclic) bond motifs is 2. The predicted octanol–water partition coefficient (Wildman–Crippen LogP) is 3.92. The summed E-state index contributed by atoms with van der Waals surface area (Å²) >= 11 is 0. The molecule has 0 bridgehead atoms. The van der Waals surface area contributed by atoms with E-state index in [-0.39, 0.29) is 11.5 Å². The van der Waals surface area contributed by atoms with E-state index in [1.54, 1.807) is 0 Å². The van der Waals surface area contributed by atoms with Crippen LogP contribution in [0.2, 0.25) is 25.2 Å². The fraction of sp³-hybridized carbons (Fsp3) is 0.353. The van der Waals surface area contributed by atoms with Gasteiger partial charge >= 0.3 is 11.9 Å². The lowest BCUT2D eigenvalue weighted by Crippen LogP contribution is -2.38. The summed E-state index contributed by atoms with van der Waals surface area (Å²) in [6.07, 6.45) is 0.465. The number of hydrogen-bond donors (Lipinski definition) is 0. The van der Waals surface area contributed by atoms with Crippen molar-refractivity contribution in [1.82, 2.24) is 0 Å². The Kier molecular flexibility index (Phi) is 2.64. The molecule has 0 N–H and O–H groups in total. The number of carbonyl (C=O) groups is 1. The van der Waals surface area contributed by atoms with Crippen LogP contribution in [0.25, 0.3) is 10.8 Å². The minimum absolute atomic E-state index is 0.101. The Balaban J connectivity index is 1.70. The maximum Gasteiger partial charge on any atom is 0.420 e. The third kappa shape index (κ3) is 2.00. The molecular formula is C17H18O4Si. The van der Waals surface area contributed by atoms with Crippen LogP contribution in [-0.4, -0.2) is 20.0 Å². The highest BCUT2D eigenvalue weighted by Gasteiger charge is 2.58. The first-order valence-electron chi connectivity index (χ1n) is 7.50. The van der Waals surface area contributed by atoms with Crippen molar-refractivity contribution in [1.29, 1.82) is 0 Å². The van der Waals surface area contributed by atoms with Gasteiger partial charge in [-0.15, -0.1) is 0 Å². The van der Waals surface area contributed by atoms with E-state index in [9.17, 15) is 4.79 Å². The van der Waals surface area contributed by atoms with Gasteiger partial charge in [0, 0.05) is 0 Å². The van der Waals surface area contributed by atoms with Crippen LogP contribution in [0.5, 0.6) is 11.5 Å². The average Bonchev–Trinajstić information content (AvgIpc) is 2.94. The topological polar surface area (TPSA) is 44.8 Å². The van der Waals surface area contributed by atoms with Gasteiger partial charge in [-0.1, -0.05) is 43.9 Å². The van der Waals surface area contributed by atoms with E-state index < -0.39 is 14.0 Å². The quantitative estimate of drug-likeness (QED) is 0.591. The minimum Gasteiger partial charge on any atom is -0.417 e. The van der Waals surface area contributed by atoms with Crippen molar-refractivity contribution < 1.29 is 19.0 Å². The first-order valence-corrected chi connectivity index (χ1v) is 11.1. The van der Waals surface area contributed by atoms with E-state index in [1.807, 2.05) is 36.4 Å². The van der Waals surface area contributed by atoms with Gasteiger partial charge in [0.05, 0.1) is 20.0 Å². The standard InChI is InChI=1S/C17H18O4Si/c1-22(2,3)15-10-17(21-16(15)18)19-13-8-11-6-4-5-7-12(11)9-14(13)20-17/h4-9,15H,10H2,1-3H3. The van der Waals surface area contributed by atoms with Gasteiger partial charge < -0.3 is 14.2 Å². The second kappa shape index (κ2) is 4.26. The van der Waals surface area contributed by atoms with E-state index in [0.717, 1.165) is 10.8 Å². The molecule has 2 aliphatic rings. The first-order chi connectivity index (χ1) is 10.4. The average molecular weight is 314 g/mol. The predicted molar refractivity (Wildman–Crippen MR) is 85.7 cm³/mol. The van der Waals surface area contributed by atoms with Crippen LogP contribution in [0.4, 0.5) is 0 Å². The highest BCUT2D eigenvalue weighted by atomic mass is 28.3. The number of carbonyl (C=O) groups excluding carboxylic acids is 1. The van der Waals surface area contributed by atoms with Crippen LogP contribution in [0.15, 0.2) is 36.4 Å². The van der Waals surface area contributed by atoms with Crippen molar-refractivity contribution in [2.75, 3.05) is 0 Å². The molecule has 2 heterocycles. The summed E-state index contributed by atoms with van der Waals surface area (Å²) in [6.45, 7) is 6.48. The smallest absolute Gasteiger partial charge is 0.417 e. The second-order valence-electron chi connectivity index (χ2n) is 7.08. The first kappa shape index (κ1) is 13.6. The van der Waals surface area contributed by atoms with E-state index in [0.29, 0.717) is 17.9 Å². The lowest BCUT2D eigenvalue weighted by molar-refractivity contribution is -0.247. The zero-order chi connectivity index (χ0) is 15.5. The molecule has 1 saturated heterocycles. The monoisotopic (exact) mass is 314 g/mol. The van der Waals surface area contributed by atoms with Crippen LogP contribution in [0.3, 0.4) is 0 Å². The molecule has 1 atom stereocenters. The van der Waals surface area contributed by atoms with Gasteiger partial charge in [-0.3, -0.25) is 4.79 Å². The van der Waals surface area contributed by atoms with E-state index in [1.165, 1.54) is 0 Å². The van der Waals surface area contributed by atoms with Crippen molar-refractivity contribution in [3.63, 3.8) is 0 Å². The molecule has 22 heavy (non-hydrogen) atoms. The maximum absolute atomic E-state index is 12.2. The molecule has 1 fully saturated rings. The molecule has 1 unspecified atom stereocenters. The summed E-state index contributed by atoms with van der Waals surface area (Å²) in [5, 5.41) is 2.15. The largest absolute Gasteiger partial charge is 0.420 e. The zero-order valence-corrected chi connectivity index (χ0v) is 13.9. The van der Waals surface area contributed by atoms with Gasteiger partial charge in [0.2, 0.25) is 0 Å². The van der Waals surface area contributed by atoms with Crippen LogP contribution in [0, 0.1) is 0 Å². The number of rotatable bonds is 1. The molecule has 4 rings (SSSR count). The zero-order valence-electron chi connectivity index (χ0n) is 12.9. The Labute approximate surface area is 130 Å². The van der Waals surface area contributed by atoms with E-state index in [2.05, 4.69) is 19.6 Å². The Morgan fingerprint density at radius 3 is 2.00 bits per heavy atom. The van der Waals surface area contributed by atoms with E-state index >= 15 is 0 Å². The molecule has 5 heteroatoms. The fourth-order valence-corrected chi connectivity index (χ4v) is 4.73. The summed E-state index contributed by atoms with van der Waals surface area (Å²) in [5.74, 6) is -0.177. The third-order valence-electron chi connectivity index (χ3n) is 4.38. The number of ether oxygens (including phenoxy) is 3. The summed E-state index contributed by atoms with van der Waals surface area (Å²) in [6, 6.07) is 11.9. The molecule has 0 radical (unpaired) electrons. The lowest BCUT2D eigenvalue weighted by Gasteiger charge is -2.22. The Bertz CT molecular complexity index is 733. The fourth-order valence-electron chi connectivity index (χ4n) is 3.10. The molecule has 114 valence electrons. The Morgan fingerprint density at radius 1 is 1.00 bits per heavy atom. The highest BCUT2D eigenvalue weighted by Crippen LogP contribution is 2.50. The van der Waals surface area contributed by atoms with E-state index in [4.69, 9.17) is 14.2 Å². The summed E-state index contributed by atoms with van der Waals surface area (Å²) < 4.78 is 17.3. The minimum atomic E-state index is -1.67. The summed E-state index contributed by atoms with van der Waals surface area (Å²) in [5.41, 5.74) is -0.101. The van der Waals surface area contributed by atoms with Gasteiger partial charge in [-0.05, 0) is 22.9 Å². The number of hydrogen-bond acceptors (Lipinski definition) is 4. The maximum atomic E-state index is 12.2. The molecule has 4 nitrogen and oxygen atoms in total. The molecule has 2 aliphatic heterocycles. The van der Waals surface area contributed by atoms with Crippen molar-refractivity contribution in [2.45, 2.75) is 37.6 Å². The van der Waals surface area contributed by atoms with Crippen molar-refractivity contribution in [2.24, 2.45) is 0 Å². The van der Waals surface area contributed by atoms with Crippen LogP contribution < -0.4 is 9.47 Å². The highest BCUT2D eigenvalue weighted by molar-refractivity contribution is 6.80. The van der Waals surface area contributed by atoms with Gasteiger partial charge in [0.15, 0.2) is 11.5 Å². The number of esters is 1. The third-order valence-corrected chi connectivity index (χ3v) is 6.91. The van der Waals surface area contributed by atoms with Gasteiger partial charge in [-0.25, -0.2) is 0 Å². The molecular weight excluding hydrogens is 296 g/mol. The van der Waals surface area contributed by atoms with Crippen LogP contribution in [-0.2, 0) is 9.53 Å². The molecule has 0 aliphatic carbocycles. The normalized spacial score (nSPS) is 22.3. The molecule has 2 aromatic carbocycles. The van der Waals surface area contributed by atoms with Crippen LogP contribution in [0.1, 0.15) is 6.42 Å². The van der Waals surface area contributed by atoms with Crippen molar-refractivity contribution >= 4 is 24.8 Å². The molecule has 2 aromatic rings. The molecule has 0 saturated carbocycles. The second-order valence-corrected chi connectivity index (χ2v) is 12.5. The Hall–Kier alpha value is -2.01. The Morgan fingerprint density at radius 2 is 1.55 bits per heavy atom. The SMILES string of the molecule is C[Si](C)(C)C1CC2(OC1=O)Oc1cc3ccccc3cc1O2. The van der Waals surface area contributed by atoms with Gasteiger partial charge in [0.25, 0.3) is 0 Å². The van der Waals surface area contributed by atoms with Gasteiger partial charge in [0.1, 0.15) is 0 Å². The summed E-state index contributed by atoms with van der Waals surface area (Å²) in [4.78, 5) is 12.2.